The summed E-state index contributed by atoms with van der Waals surface area (Å²) in [7, 11) is 0. The van der Waals surface area contributed by atoms with Gasteiger partial charge in [-0.2, -0.15) is 0 Å². The van der Waals surface area contributed by atoms with Gasteiger partial charge in [-0.3, -0.25) is 4.40 Å². The van der Waals surface area contributed by atoms with Gasteiger partial charge in [0.1, 0.15) is 11.5 Å². The molecule has 0 aliphatic carbocycles. The van der Waals surface area contributed by atoms with Crippen molar-refractivity contribution in [1.29, 1.82) is 0 Å². The highest BCUT2D eigenvalue weighted by Gasteiger charge is 2.04. The topological polar surface area (TPSA) is 30.2 Å². The Morgan fingerprint density at radius 1 is 1.19 bits per heavy atom. The molecule has 86 valence electrons. The van der Waals surface area contributed by atoms with E-state index in [4.69, 9.17) is 0 Å². The van der Waals surface area contributed by atoms with E-state index < -0.39 is 0 Å². The fourth-order valence-corrected chi connectivity index (χ4v) is 2.01. The molecule has 0 amide bonds. The van der Waals surface area contributed by atoms with Crippen molar-refractivity contribution in [3.63, 3.8) is 0 Å². The molecule has 0 saturated carbocycles. The maximum absolute atomic E-state index is 4.40. The van der Waals surface area contributed by atoms with Gasteiger partial charge in [0.2, 0.25) is 0 Å². The molecule has 0 radical (unpaired) electrons. The third-order valence-electron chi connectivity index (χ3n) is 2.98. The molecule has 3 heteroatoms. The molecule has 2 aromatic heterocycles. The number of rotatable bonds is 5. The van der Waals surface area contributed by atoms with Gasteiger partial charge in [-0.15, -0.1) is 0 Å². The van der Waals surface area contributed by atoms with Gasteiger partial charge in [-0.25, -0.2) is 9.97 Å². The van der Waals surface area contributed by atoms with Crippen LogP contribution >= 0.6 is 0 Å². The molecular weight excluding hydrogens is 198 g/mol. The number of fused-ring (bicyclic) bond motifs is 1. The van der Waals surface area contributed by atoms with Crippen LogP contribution in [0.5, 0.6) is 0 Å². The van der Waals surface area contributed by atoms with Crippen molar-refractivity contribution in [3.05, 3.63) is 30.0 Å². The maximum atomic E-state index is 4.40. The van der Waals surface area contributed by atoms with Crippen molar-refractivity contribution >= 4 is 5.65 Å². The lowest BCUT2D eigenvalue weighted by Gasteiger charge is -2.05. The van der Waals surface area contributed by atoms with Crippen molar-refractivity contribution in [2.24, 2.45) is 0 Å². The van der Waals surface area contributed by atoms with E-state index in [1.807, 2.05) is 25.5 Å². The number of aryl methyl sites for hydroxylation is 2. The van der Waals surface area contributed by atoms with Crippen molar-refractivity contribution in [2.45, 2.75) is 46.0 Å². The lowest BCUT2D eigenvalue weighted by atomic mass is 10.1. The minimum atomic E-state index is 1.00. The largest absolute Gasteiger partial charge is 0.288 e. The Morgan fingerprint density at radius 3 is 2.88 bits per heavy atom. The number of aromatic nitrogens is 3. The van der Waals surface area contributed by atoms with Gasteiger partial charge in [-0.1, -0.05) is 26.2 Å². The van der Waals surface area contributed by atoms with Crippen LogP contribution < -0.4 is 0 Å². The predicted molar refractivity (Wildman–Crippen MR) is 65.6 cm³/mol. The summed E-state index contributed by atoms with van der Waals surface area (Å²) in [5.41, 5.74) is 2.34. The Labute approximate surface area is 96.5 Å². The molecule has 16 heavy (non-hydrogen) atoms. The Kier molecular flexibility index (Phi) is 3.54. The molecule has 0 N–H and O–H groups in total. The van der Waals surface area contributed by atoms with Crippen LogP contribution in [0.4, 0.5) is 0 Å². The van der Waals surface area contributed by atoms with Crippen LogP contribution in [0.25, 0.3) is 5.65 Å². The molecule has 0 aliphatic heterocycles. The first-order chi connectivity index (χ1) is 7.83. The summed E-state index contributed by atoms with van der Waals surface area (Å²) in [5.74, 6) is 1.00. The monoisotopic (exact) mass is 217 g/mol. The third-order valence-corrected chi connectivity index (χ3v) is 2.98. The average Bonchev–Trinajstić information content (AvgIpc) is 2.77. The molecule has 2 heterocycles. The van der Waals surface area contributed by atoms with Crippen LogP contribution in [0, 0.1) is 6.92 Å². The SMILES string of the molecule is CCCCCCc1cnc(C)n2ccnc12. The predicted octanol–water partition coefficient (Wildman–Crippen LogP) is 3.16. The van der Waals surface area contributed by atoms with Gasteiger partial charge in [0.25, 0.3) is 0 Å². The van der Waals surface area contributed by atoms with Crippen LogP contribution in [-0.4, -0.2) is 14.4 Å². The van der Waals surface area contributed by atoms with Crippen molar-refractivity contribution in [1.82, 2.24) is 14.4 Å². The molecule has 0 atom stereocenters. The first-order valence-corrected chi connectivity index (χ1v) is 6.10. The number of unbranched alkanes of at least 4 members (excludes halogenated alkanes) is 3. The third kappa shape index (κ3) is 2.23. The quantitative estimate of drug-likeness (QED) is 0.720. The second kappa shape index (κ2) is 5.10. The zero-order chi connectivity index (χ0) is 11.4. The van der Waals surface area contributed by atoms with Gasteiger partial charge >= 0.3 is 0 Å². The van der Waals surface area contributed by atoms with Gasteiger partial charge in [-0.05, 0) is 19.8 Å². The van der Waals surface area contributed by atoms with Crippen LogP contribution in [0.3, 0.4) is 0 Å². The van der Waals surface area contributed by atoms with E-state index in [0.29, 0.717) is 0 Å². The number of hydrogen-bond donors (Lipinski definition) is 0. The van der Waals surface area contributed by atoms with E-state index in [1.165, 1.54) is 31.2 Å². The van der Waals surface area contributed by atoms with Gasteiger partial charge in [0, 0.05) is 24.2 Å². The minimum absolute atomic E-state index is 1.00. The summed E-state index contributed by atoms with van der Waals surface area (Å²) in [4.78, 5) is 8.80. The molecule has 3 nitrogen and oxygen atoms in total. The highest BCUT2D eigenvalue weighted by Crippen LogP contribution is 2.13. The highest BCUT2D eigenvalue weighted by molar-refractivity contribution is 5.47. The molecule has 0 aliphatic rings. The van der Waals surface area contributed by atoms with Crippen LogP contribution in [0.1, 0.15) is 44.0 Å². The Balaban J connectivity index is 2.12. The van der Waals surface area contributed by atoms with E-state index >= 15 is 0 Å². The summed E-state index contributed by atoms with van der Waals surface area (Å²) in [6.45, 7) is 4.25. The van der Waals surface area contributed by atoms with E-state index in [2.05, 4.69) is 21.3 Å². The summed E-state index contributed by atoms with van der Waals surface area (Å²) < 4.78 is 2.06. The number of hydrogen-bond acceptors (Lipinski definition) is 2. The second-order valence-electron chi connectivity index (χ2n) is 4.26. The smallest absolute Gasteiger partial charge is 0.142 e. The van der Waals surface area contributed by atoms with E-state index in [-0.39, 0.29) is 0 Å². The second-order valence-corrected chi connectivity index (χ2v) is 4.26. The molecule has 0 saturated heterocycles. The standard InChI is InChI=1S/C13H19N3/c1-3-4-5-6-7-12-10-15-11(2)16-9-8-14-13(12)16/h8-10H,3-7H2,1-2H3. The van der Waals surface area contributed by atoms with E-state index in [0.717, 1.165) is 17.9 Å². The molecule has 2 rings (SSSR count). The normalized spacial score (nSPS) is 11.1. The Bertz CT molecular complexity index is 459. The molecule has 0 spiro atoms. The zero-order valence-electron chi connectivity index (χ0n) is 10.1. The number of nitrogens with zero attached hydrogens (tertiary/aromatic N) is 3. The van der Waals surface area contributed by atoms with Gasteiger partial charge in [0.05, 0.1) is 0 Å². The lowest BCUT2D eigenvalue weighted by Crippen LogP contribution is -1.99. The zero-order valence-corrected chi connectivity index (χ0v) is 10.1. The molecule has 0 bridgehead atoms. The van der Waals surface area contributed by atoms with Crippen LogP contribution in [-0.2, 0) is 6.42 Å². The lowest BCUT2D eigenvalue weighted by molar-refractivity contribution is 0.665. The van der Waals surface area contributed by atoms with Crippen molar-refractivity contribution < 1.29 is 0 Å². The molecule has 0 fully saturated rings. The summed E-state index contributed by atoms with van der Waals surface area (Å²) in [6.07, 6.45) is 12.0. The van der Waals surface area contributed by atoms with E-state index in [9.17, 15) is 0 Å². The fourth-order valence-electron chi connectivity index (χ4n) is 2.01. The summed E-state index contributed by atoms with van der Waals surface area (Å²) in [6, 6.07) is 0. The van der Waals surface area contributed by atoms with E-state index in [1.54, 1.807) is 0 Å². The summed E-state index contributed by atoms with van der Waals surface area (Å²) >= 11 is 0. The van der Waals surface area contributed by atoms with Crippen LogP contribution in [0.2, 0.25) is 0 Å². The van der Waals surface area contributed by atoms with Gasteiger partial charge in [0.15, 0.2) is 0 Å². The first-order valence-electron chi connectivity index (χ1n) is 6.10. The fraction of sp³-hybridized carbons (Fsp3) is 0.538. The molecule has 0 unspecified atom stereocenters. The van der Waals surface area contributed by atoms with Crippen LogP contribution in [0.15, 0.2) is 18.6 Å². The first kappa shape index (κ1) is 11.1. The number of imidazole rings is 1. The molecule has 0 aromatic carbocycles. The van der Waals surface area contributed by atoms with Gasteiger partial charge < -0.3 is 0 Å². The minimum Gasteiger partial charge on any atom is -0.288 e. The Morgan fingerprint density at radius 2 is 2.06 bits per heavy atom. The molecule has 2 aromatic rings. The summed E-state index contributed by atoms with van der Waals surface area (Å²) in [5, 5.41) is 0. The molecular formula is C13H19N3. The van der Waals surface area contributed by atoms with Crippen molar-refractivity contribution in [2.75, 3.05) is 0 Å². The Hall–Kier alpha value is -1.38. The highest BCUT2D eigenvalue weighted by atomic mass is 15.0. The average molecular weight is 217 g/mol. The van der Waals surface area contributed by atoms with Crippen molar-refractivity contribution in [3.8, 4) is 0 Å². The maximum Gasteiger partial charge on any atom is 0.142 e.